The Balaban J connectivity index is 2.67. The van der Waals surface area contributed by atoms with Crippen LogP contribution in [0.15, 0.2) is 11.1 Å². The fourth-order valence-electron chi connectivity index (χ4n) is 4.11. The number of esters is 1. The van der Waals surface area contributed by atoms with E-state index in [4.69, 9.17) is 4.74 Å². The van der Waals surface area contributed by atoms with Gasteiger partial charge in [0.05, 0.1) is 36.8 Å². The van der Waals surface area contributed by atoms with Gasteiger partial charge < -0.3 is 4.74 Å². The smallest absolute Gasteiger partial charge is 0.313 e. The second-order valence-corrected chi connectivity index (χ2v) is 6.63. The average Bonchev–Trinajstić information content (AvgIpc) is 2.55. The molecule has 0 saturated heterocycles. The van der Waals surface area contributed by atoms with Gasteiger partial charge in [-0.3, -0.25) is 4.79 Å². The monoisotopic (exact) mass is 322 g/mol. The first-order valence-electron chi connectivity index (χ1n) is 7.91. The highest BCUT2D eigenvalue weighted by Crippen LogP contribution is 2.63. The summed E-state index contributed by atoms with van der Waals surface area (Å²) in [5.74, 6) is -1.66. The van der Waals surface area contributed by atoms with Crippen molar-refractivity contribution in [3.63, 3.8) is 0 Å². The molecule has 1 unspecified atom stereocenters. The number of carbonyl (C=O) groups excluding carboxylic acids is 1. The lowest BCUT2D eigenvalue weighted by atomic mass is 9.45. The van der Waals surface area contributed by atoms with E-state index >= 15 is 0 Å². The number of allylic oxidation sites excluding steroid dienone is 1. The average molecular weight is 322 g/mol. The van der Waals surface area contributed by atoms with Crippen molar-refractivity contribution < 1.29 is 9.53 Å². The SMILES string of the molecule is CCOC(=O)C1CC2=C1[C@H](C(C)C)C(C#N)(C#N)C(C#N)(C#N)C2. The van der Waals surface area contributed by atoms with Gasteiger partial charge in [0.25, 0.3) is 0 Å². The summed E-state index contributed by atoms with van der Waals surface area (Å²) >= 11 is 0. The molecule has 2 aliphatic carbocycles. The summed E-state index contributed by atoms with van der Waals surface area (Å²) in [6, 6.07) is 7.84. The molecule has 0 N–H and O–H groups in total. The topological polar surface area (TPSA) is 121 Å². The molecule has 6 heteroatoms. The van der Waals surface area contributed by atoms with E-state index in [9.17, 15) is 25.8 Å². The van der Waals surface area contributed by atoms with E-state index < -0.39 is 22.7 Å². The lowest BCUT2D eigenvalue weighted by Gasteiger charge is -2.51. The van der Waals surface area contributed by atoms with Crippen LogP contribution in [0.2, 0.25) is 0 Å². The molecule has 0 aliphatic heterocycles. The predicted octanol–water partition coefficient (Wildman–Crippen LogP) is 2.61. The second kappa shape index (κ2) is 5.99. The number of rotatable bonds is 3. The largest absolute Gasteiger partial charge is 0.466 e. The van der Waals surface area contributed by atoms with Crippen LogP contribution in [0.5, 0.6) is 0 Å². The van der Waals surface area contributed by atoms with Crippen LogP contribution >= 0.6 is 0 Å². The first-order chi connectivity index (χ1) is 11.4. The van der Waals surface area contributed by atoms with Crippen molar-refractivity contribution >= 4 is 5.97 Å². The summed E-state index contributed by atoms with van der Waals surface area (Å²) < 4.78 is 5.09. The third kappa shape index (κ3) is 2.01. The molecule has 0 saturated carbocycles. The maximum atomic E-state index is 12.2. The van der Waals surface area contributed by atoms with Crippen LogP contribution in [-0.4, -0.2) is 12.6 Å². The van der Waals surface area contributed by atoms with Crippen LogP contribution in [0.25, 0.3) is 0 Å². The van der Waals surface area contributed by atoms with Crippen molar-refractivity contribution in [3.05, 3.63) is 11.1 Å². The maximum absolute atomic E-state index is 12.2. The van der Waals surface area contributed by atoms with Gasteiger partial charge in [0.2, 0.25) is 0 Å². The van der Waals surface area contributed by atoms with Gasteiger partial charge in [-0.25, -0.2) is 0 Å². The number of nitrogens with zero attached hydrogens (tertiary/aromatic N) is 4. The predicted molar refractivity (Wildman–Crippen MR) is 82.0 cm³/mol. The molecule has 0 radical (unpaired) electrons. The van der Waals surface area contributed by atoms with Gasteiger partial charge in [0, 0.05) is 12.3 Å². The summed E-state index contributed by atoms with van der Waals surface area (Å²) in [4.78, 5) is 12.2. The van der Waals surface area contributed by atoms with E-state index in [0.29, 0.717) is 6.42 Å². The molecule has 0 aromatic heterocycles. The van der Waals surface area contributed by atoms with Crippen molar-refractivity contribution in [1.29, 1.82) is 21.0 Å². The Morgan fingerprint density at radius 2 is 1.79 bits per heavy atom. The minimum Gasteiger partial charge on any atom is -0.466 e. The molecule has 0 aromatic carbocycles. The Kier molecular flexibility index (Phi) is 4.38. The Bertz CT molecular complexity index is 739. The highest BCUT2D eigenvalue weighted by atomic mass is 16.5. The standard InChI is InChI=1S/C18H18N4O2/c1-4-24-16(23)13-5-12-6-17(7-19,8-20)18(9-21,10-22)15(11(2)3)14(12)13/h11,13,15H,4-6H2,1-3H3/t13?,15-/m0/s1. The quantitative estimate of drug-likeness (QED) is 0.581. The van der Waals surface area contributed by atoms with E-state index in [2.05, 4.69) is 0 Å². The molecule has 0 amide bonds. The molecule has 2 aliphatic rings. The lowest BCUT2D eigenvalue weighted by molar-refractivity contribution is -0.148. The highest BCUT2D eigenvalue weighted by Gasteiger charge is 2.66. The molecule has 0 aromatic rings. The summed E-state index contributed by atoms with van der Waals surface area (Å²) in [7, 11) is 0. The third-order valence-electron chi connectivity index (χ3n) is 5.16. The Hall–Kier alpha value is -2.83. The molecule has 2 rings (SSSR count). The molecule has 0 fully saturated rings. The van der Waals surface area contributed by atoms with Crippen LogP contribution in [0.4, 0.5) is 0 Å². The zero-order valence-electron chi connectivity index (χ0n) is 14.0. The van der Waals surface area contributed by atoms with Gasteiger partial charge in [0.15, 0.2) is 10.8 Å². The van der Waals surface area contributed by atoms with E-state index in [-0.39, 0.29) is 24.9 Å². The van der Waals surface area contributed by atoms with E-state index in [1.165, 1.54) is 0 Å². The van der Waals surface area contributed by atoms with Gasteiger partial charge >= 0.3 is 5.97 Å². The summed E-state index contributed by atoms with van der Waals surface area (Å²) in [6.45, 7) is 5.65. The number of carbonyl (C=O) groups is 1. The van der Waals surface area contributed by atoms with Gasteiger partial charge in [-0.1, -0.05) is 25.0 Å². The van der Waals surface area contributed by atoms with Crippen LogP contribution in [-0.2, 0) is 9.53 Å². The molecule has 122 valence electrons. The van der Waals surface area contributed by atoms with Gasteiger partial charge in [-0.05, 0) is 19.3 Å². The number of hydrogen-bond acceptors (Lipinski definition) is 6. The van der Waals surface area contributed by atoms with Gasteiger partial charge in [0.1, 0.15) is 0 Å². The molecule has 6 nitrogen and oxygen atoms in total. The van der Waals surface area contributed by atoms with Gasteiger partial charge in [-0.15, -0.1) is 0 Å². The fraction of sp³-hybridized carbons (Fsp3) is 0.611. The Labute approximate surface area is 141 Å². The zero-order valence-corrected chi connectivity index (χ0v) is 14.0. The molecule has 0 bridgehead atoms. The van der Waals surface area contributed by atoms with E-state index in [0.717, 1.165) is 11.1 Å². The summed E-state index contributed by atoms with van der Waals surface area (Å²) in [5, 5.41) is 38.9. The van der Waals surface area contributed by atoms with Crippen LogP contribution < -0.4 is 0 Å². The third-order valence-corrected chi connectivity index (χ3v) is 5.16. The normalized spacial score (nSPS) is 26.0. The molecule has 0 spiro atoms. The van der Waals surface area contributed by atoms with Crippen LogP contribution in [0.1, 0.15) is 33.6 Å². The van der Waals surface area contributed by atoms with Crippen molar-refractivity contribution in [1.82, 2.24) is 0 Å². The first kappa shape index (κ1) is 17.5. The highest BCUT2D eigenvalue weighted by molar-refractivity contribution is 5.80. The number of ether oxygens (including phenoxy) is 1. The molecule has 0 heterocycles. The van der Waals surface area contributed by atoms with Crippen LogP contribution in [0, 0.1) is 73.9 Å². The zero-order chi connectivity index (χ0) is 18.1. The van der Waals surface area contributed by atoms with Crippen molar-refractivity contribution in [3.8, 4) is 24.3 Å². The van der Waals surface area contributed by atoms with Crippen molar-refractivity contribution in [2.24, 2.45) is 28.6 Å². The first-order valence-corrected chi connectivity index (χ1v) is 7.91. The maximum Gasteiger partial charge on any atom is 0.313 e. The minimum atomic E-state index is -1.80. The fourth-order valence-corrected chi connectivity index (χ4v) is 4.11. The molecular weight excluding hydrogens is 304 g/mol. The minimum absolute atomic E-state index is 0.0373. The van der Waals surface area contributed by atoms with E-state index in [1.807, 2.05) is 38.1 Å². The van der Waals surface area contributed by atoms with E-state index in [1.54, 1.807) is 6.92 Å². The van der Waals surface area contributed by atoms with Crippen molar-refractivity contribution in [2.75, 3.05) is 6.61 Å². The number of hydrogen-bond donors (Lipinski definition) is 0. The van der Waals surface area contributed by atoms with Crippen molar-refractivity contribution in [2.45, 2.75) is 33.6 Å². The Morgan fingerprint density at radius 1 is 1.21 bits per heavy atom. The number of nitriles is 4. The molecule has 24 heavy (non-hydrogen) atoms. The molecular formula is C18H18N4O2. The Morgan fingerprint density at radius 3 is 2.21 bits per heavy atom. The van der Waals surface area contributed by atoms with Gasteiger partial charge in [-0.2, -0.15) is 21.0 Å². The summed E-state index contributed by atoms with van der Waals surface area (Å²) in [6.07, 6.45) is 0.463. The second-order valence-electron chi connectivity index (χ2n) is 6.63. The summed E-state index contributed by atoms with van der Waals surface area (Å²) in [5.41, 5.74) is -1.94. The molecule has 2 atom stereocenters. The van der Waals surface area contributed by atoms with Crippen LogP contribution in [0.3, 0.4) is 0 Å². The lowest BCUT2D eigenvalue weighted by Crippen LogP contribution is -2.54.